The molecule has 1 amide bonds. The Labute approximate surface area is 142 Å². The van der Waals surface area contributed by atoms with E-state index in [2.05, 4.69) is 0 Å². The molecule has 1 aliphatic rings. The van der Waals surface area contributed by atoms with Gasteiger partial charge in [0.2, 0.25) is 0 Å². The molecule has 0 aliphatic carbocycles. The van der Waals surface area contributed by atoms with Gasteiger partial charge in [0.05, 0.1) is 12.5 Å². The zero-order valence-electron chi connectivity index (χ0n) is 14.7. The van der Waals surface area contributed by atoms with Crippen molar-refractivity contribution in [3.05, 3.63) is 28.8 Å². The van der Waals surface area contributed by atoms with Crippen LogP contribution in [0.25, 0.3) is 0 Å². The highest BCUT2D eigenvalue weighted by Gasteiger charge is 2.36. The van der Waals surface area contributed by atoms with E-state index < -0.39 is 5.97 Å². The maximum atomic E-state index is 12.5. The van der Waals surface area contributed by atoms with Gasteiger partial charge in [-0.3, -0.25) is 9.59 Å². The zero-order chi connectivity index (χ0) is 17.9. The summed E-state index contributed by atoms with van der Waals surface area (Å²) in [5.41, 5.74) is 3.12. The van der Waals surface area contributed by atoms with Crippen LogP contribution in [0, 0.1) is 20.8 Å². The summed E-state index contributed by atoms with van der Waals surface area (Å²) in [5, 5.41) is 9.03. The smallest absolute Gasteiger partial charge is 0.305 e. The number of ether oxygens (including phenoxy) is 2. The summed E-state index contributed by atoms with van der Waals surface area (Å²) in [5.74, 6) is -0.410. The third-order valence-electron chi connectivity index (χ3n) is 4.38. The maximum absolute atomic E-state index is 12.5. The van der Waals surface area contributed by atoms with Crippen molar-refractivity contribution in [2.24, 2.45) is 0 Å². The number of carboxylic acid groups (broad SMARTS) is 1. The van der Waals surface area contributed by atoms with Crippen LogP contribution in [0.15, 0.2) is 12.1 Å². The van der Waals surface area contributed by atoms with Crippen LogP contribution >= 0.6 is 0 Å². The number of carbonyl (C=O) groups excluding carboxylic acids is 1. The Morgan fingerprint density at radius 1 is 1.25 bits per heavy atom. The van der Waals surface area contributed by atoms with E-state index in [0.29, 0.717) is 18.7 Å². The van der Waals surface area contributed by atoms with Crippen LogP contribution in [0.3, 0.4) is 0 Å². The van der Waals surface area contributed by atoms with Gasteiger partial charge < -0.3 is 19.5 Å². The number of likely N-dealkylation sites (tertiary alicyclic amines) is 1. The third kappa shape index (κ3) is 4.26. The molecule has 132 valence electrons. The minimum atomic E-state index is -0.916. The van der Waals surface area contributed by atoms with E-state index in [0.717, 1.165) is 16.7 Å². The molecule has 0 saturated carbocycles. The van der Waals surface area contributed by atoms with Crippen molar-refractivity contribution in [3.63, 3.8) is 0 Å². The molecule has 0 aromatic heterocycles. The quantitative estimate of drug-likeness (QED) is 0.861. The molecule has 1 fully saturated rings. The molecule has 0 spiro atoms. The average molecular weight is 335 g/mol. The predicted molar refractivity (Wildman–Crippen MR) is 89.3 cm³/mol. The first-order chi connectivity index (χ1) is 11.3. The monoisotopic (exact) mass is 335 g/mol. The van der Waals surface area contributed by atoms with Gasteiger partial charge in [0.25, 0.3) is 5.91 Å². The Hall–Kier alpha value is -2.08. The Morgan fingerprint density at radius 3 is 2.42 bits per heavy atom. The first-order valence-corrected chi connectivity index (χ1v) is 8.06. The Bertz CT molecular complexity index is 605. The second-order valence-corrected chi connectivity index (χ2v) is 6.41. The normalized spacial score (nSPS) is 20.2. The lowest BCUT2D eigenvalue weighted by Gasteiger charge is -2.23. The highest BCUT2D eigenvalue weighted by atomic mass is 16.5. The Balaban J connectivity index is 2.04. The van der Waals surface area contributed by atoms with E-state index in [1.807, 2.05) is 32.9 Å². The summed E-state index contributed by atoms with van der Waals surface area (Å²) in [6.45, 7) is 6.22. The SMILES string of the molecule is COC1CC(CC(=O)O)N(C(=O)COc2c(C)cc(C)cc2C)C1. The molecule has 1 aliphatic heterocycles. The summed E-state index contributed by atoms with van der Waals surface area (Å²) in [6.07, 6.45) is 0.340. The number of rotatable bonds is 6. The molecule has 0 radical (unpaired) electrons. The Morgan fingerprint density at radius 2 is 1.88 bits per heavy atom. The number of hydrogen-bond donors (Lipinski definition) is 1. The molecule has 2 atom stereocenters. The molecule has 24 heavy (non-hydrogen) atoms. The van der Waals surface area contributed by atoms with E-state index in [9.17, 15) is 9.59 Å². The number of amides is 1. The minimum absolute atomic E-state index is 0.0752. The molecular weight excluding hydrogens is 310 g/mol. The number of nitrogens with zero attached hydrogens (tertiary/aromatic N) is 1. The fourth-order valence-electron chi connectivity index (χ4n) is 3.36. The molecule has 6 nitrogen and oxygen atoms in total. The van der Waals surface area contributed by atoms with Gasteiger partial charge in [0, 0.05) is 19.7 Å². The van der Waals surface area contributed by atoms with Crippen LogP contribution in [0.2, 0.25) is 0 Å². The van der Waals surface area contributed by atoms with Crippen LogP contribution in [-0.2, 0) is 14.3 Å². The topological polar surface area (TPSA) is 76.1 Å². The third-order valence-corrected chi connectivity index (χ3v) is 4.38. The number of benzene rings is 1. The number of aliphatic carboxylic acids is 1. The van der Waals surface area contributed by atoms with Crippen molar-refractivity contribution in [2.45, 2.75) is 45.8 Å². The minimum Gasteiger partial charge on any atom is -0.483 e. The molecule has 2 unspecified atom stereocenters. The van der Waals surface area contributed by atoms with Crippen molar-refractivity contribution in [3.8, 4) is 5.75 Å². The lowest BCUT2D eigenvalue weighted by atomic mass is 10.1. The standard InChI is InChI=1S/C18H25NO5/c1-11-5-12(2)18(13(3)6-11)24-10-16(20)19-9-15(23-4)7-14(19)8-17(21)22/h5-6,14-15H,7-10H2,1-4H3,(H,21,22). The number of aryl methyl sites for hydroxylation is 3. The summed E-state index contributed by atoms with van der Waals surface area (Å²) in [7, 11) is 1.58. The molecule has 6 heteroatoms. The van der Waals surface area contributed by atoms with Gasteiger partial charge in [-0.25, -0.2) is 0 Å². The highest BCUT2D eigenvalue weighted by Crippen LogP contribution is 2.26. The Kier molecular flexibility index (Phi) is 5.83. The van der Waals surface area contributed by atoms with E-state index in [1.165, 1.54) is 0 Å². The number of carbonyl (C=O) groups is 2. The fraction of sp³-hybridized carbons (Fsp3) is 0.556. The van der Waals surface area contributed by atoms with E-state index >= 15 is 0 Å². The van der Waals surface area contributed by atoms with Gasteiger partial charge in [0.15, 0.2) is 6.61 Å². The van der Waals surface area contributed by atoms with Crippen LogP contribution in [0.4, 0.5) is 0 Å². The largest absolute Gasteiger partial charge is 0.483 e. The van der Waals surface area contributed by atoms with E-state index in [4.69, 9.17) is 14.6 Å². The van der Waals surface area contributed by atoms with Crippen molar-refractivity contribution >= 4 is 11.9 Å². The zero-order valence-corrected chi connectivity index (χ0v) is 14.7. The maximum Gasteiger partial charge on any atom is 0.305 e. The van der Waals surface area contributed by atoms with Crippen LogP contribution < -0.4 is 4.74 Å². The van der Waals surface area contributed by atoms with Crippen LogP contribution in [0.1, 0.15) is 29.5 Å². The van der Waals surface area contributed by atoms with E-state index in [-0.39, 0.29) is 31.1 Å². The lowest BCUT2D eigenvalue weighted by molar-refractivity contribution is -0.140. The van der Waals surface area contributed by atoms with Crippen LogP contribution in [-0.4, -0.2) is 54.3 Å². The van der Waals surface area contributed by atoms with Crippen molar-refractivity contribution < 1.29 is 24.2 Å². The van der Waals surface area contributed by atoms with Gasteiger partial charge in [-0.1, -0.05) is 17.7 Å². The van der Waals surface area contributed by atoms with Gasteiger partial charge >= 0.3 is 5.97 Å². The molecular formula is C18H25NO5. The molecule has 1 N–H and O–H groups in total. The molecule has 0 bridgehead atoms. The molecule has 1 aromatic carbocycles. The van der Waals surface area contributed by atoms with Gasteiger partial charge in [-0.15, -0.1) is 0 Å². The molecule has 2 rings (SSSR count). The summed E-state index contributed by atoms with van der Waals surface area (Å²) in [6, 6.07) is 3.68. The van der Waals surface area contributed by atoms with Gasteiger partial charge in [-0.2, -0.15) is 0 Å². The van der Waals surface area contributed by atoms with Crippen molar-refractivity contribution in [1.82, 2.24) is 4.90 Å². The lowest BCUT2D eigenvalue weighted by Crippen LogP contribution is -2.40. The fourth-order valence-corrected chi connectivity index (χ4v) is 3.36. The first kappa shape index (κ1) is 18.3. The predicted octanol–water partition coefficient (Wildman–Crippen LogP) is 2.08. The summed E-state index contributed by atoms with van der Waals surface area (Å²) in [4.78, 5) is 25.1. The summed E-state index contributed by atoms with van der Waals surface area (Å²) >= 11 is 0. The first-order valence-electron chi connectivity index (χ1n) is 8.06. The number of hydrogen-bond acceptors (Lipinski definition) is 4. The second-order valence-electron chi connectivity index (χ2n) is 6.41. The van der Waals surface area contributed by atoms with Crippen LogP contribution in [0.5, 0.6) is 5.75 Å². The molecule has 1 saturated heterocycles. The second kappa shape index (κ2) is 7.66. The summed E-state index contributed by atoms with van der Waals surface area (Å²) < 4.78 is 11.0. The number of carboxylic acids is 1. The average Bonchev–Trinajstić information content (AvgIpc) is 2.88. The van der Waals surface area contributed by atoms with Gasteiger partial charge in [-0.05, 0) is 38.3 Å². The van der Waals surface area contributed by atoms with E-state index in [1.54, 1.807) is 12.0 Å². The highest BCUT2D eigenvalue weighted by molar-refractivity contribution is 5.79. The van der Waals surface area contributed by atoms with Gasteiger partial charge in [0.1, 0.15) is 5.75 Å². The van der Waals surface area contributed by atoms with Crippen molar-refractivity contribution in [1.29, 1.82) is 0 Å². The molecule has 1 aromatic rings. The molecule has 1 heterocycles. The van der Waals surface area contributed by atoms with Crippen molar-refractivity contribution in [2.75, 3.05) is 20.3 Å². The number of methoxy groups -OCH3 is 1.